The molecule has 1 aromatic heterocycles. The maximum atomic E-state index is 11.6. The molecule has 1 aromatic rings. The largest absolute Gasteiger partial charge is 0.467 e. The summed E-state index contributed by atoms with van der Waals surface area (Å²) in [5.41, 5.74) is 0. The van der Waals surface area contributed by atoms with Gasteiger partial charge in [-0.3, -0.25) is 4.90 Å². The molecule has 2 heterocycles. The minimum Gasteiger partial charge on any atom is -0.467 e. The molecule has 1 saturated heterocycles. The van der Waals surface area contributed by atoms with Gasteiger partial charge in [0.15, 0.2) is 0 Å². The molecule has 0 aliphatic carbocycles. The number of carbonyl (C=O) groups is 1. The van der Waals surface area contributed by atoms with Crippen LogP contribution in [0.2, 0.25) is 0 Å². The predicted molar refractivity (Wildman–Crippen MR) is 55.7 cm³/mol. The molecule has 1 unspecified atom stereocenters. The number of rotatable bonds is 4. The van der Waals surface area contributed by atoms with Gasteiger partial charge in [0, 0.05) is 19.1 Å². The molecular formula is C11H15NO4. The number of nitrogens with zero attached hydrogens (tertiary/aromatic N) is 1. The summed E-state index contributed by atoms with van der Waals surface area (Å²) >= 11 is 0. The number of aliphatic hydroxyl groups is 1. The molecule has 1 fully saturated rings. The summed E-state index contributed by atoms with van der Waals surface area (Å²) in [6.45, 7) is 0.904. The molecule has 0 spiro atoms. The van der Waals surface area contributed by atoms with Crippen LogP contribution in [-0.2, 0) is 11.3 Å². The lowest BCUT2D eigenvalue weighted by Crippen LogP contribution is -2.45. The average Bonchev–Trinajstić information content (AvgIpc) is 2.76. The minimum absolute atomic E-state index is 0.0383. The van der Waals surface area contributed by atoms with Crippen molar-refractivity contribution < 1.29 is 19.1 Å². The normalized spacial score (nSPS) is 20.9. The molecular weight excluding hydrogens is 210 g/mol. The van der Waals surface area contributed by atoms with E-state index >= 15 is 0 Å². The number of cyclic esters (lactones) is 1. The van der Waals surface area contributed by atoms with E-state index in [0.29, 0.717) is 19.6 Å². The molecule has 1 aliphatic heterocycles. The van der Waals surface area contributed by atoms with Gasteiger partial charge in [0.25, 0.3) is 0 Å². The first-order valence-electron chi connectivity index (χ1n) is 5.38. The summed E-state index contributed by atoms with van der Waals surface area (Å²) in [7, 11) is 0. The van der Waals surface area contributed by atoms with E-state index in [4.69, 9.17) is 14.3 Å². The fourth-order valence-electron chi connectivity index (χ4n) is 1.88. The van der Waals surface area contributed by atoms with Crippen molar-refractivity contribution in [3.8, 4) is 0 Å². The van der Waals surface area contributed by atoms with E-state index in [2.05, 4.69) is 0 Å². The fourth-order valence-corrected chi connectivity index (χ4v) is 1.88. The number of hydrogen-bond acceptors (Lipinski definition) is 4. The van der Waals surface area contributed by atoms with Crippen molar-refractivity contribution in [3.63, 3.8) is 0 Å². The Morgan fingerprint density at radius 3 is 3.12 bits per heavy atom. The van der Waals surface area contributed by atoms with E-state index in [1.807, 2.05) is 6.07 Å². The molecule has 0 aromatic carbocycles. The van der Waals surface area contributed by atoms with E-state index in [1.54, 1.807) is 17.2 Å². The van der Waals surface area contributed by atoms with Crippen molar-refractivity contribution in [3.05, 3.63) is 24.2 Å². The highest BCUT2D eigenvalue weighted by molar-refractivity contribution is 5.68. The molecule has 5 nitrogen and oxygen atoms in total. The lowest BCUT2D eigenvalue weighted by molar-refractivity contribution is 0.0303. The van der Waals surface area contributed by atoms with Gasteiger partial charge in [0.2, 0.25) is 0 Å². The first-order valence-corrected chi connectivity index (χ1v) is 5.38. The van der Waals surface area contributed by atoms with Crippen LogP contribution < -0.4 is 0 Å². The summed E-state index contributed by atoms with van der Waals surface area (Å²) in [6, 6.07) is 3.64. The van der Waals surface area contributed by atoms with Crippen LogP contribution in [0.25, 0.3) is 0 Å². The van der Waals surface area contributed by atoms with Crippen molar-refractivity contribution >= 4 is 6.09 Å². The third-order valence-corrected chi connectivity index (χ3v) is 2.72. The second-order valence-corrected chi connectivity index (χ2v) is 3.78. The number of furan rings is 1. The summed E-state index contributed by atoms with van der Waals surface area (Å²) in [4.78, 5) is 13.2. The second-order valence-electron chi connectivity index (χ2n) is 3.78. The Balaban J connectivity index is 2.04. The van der Waals surface area contributed by atoms with Crippen LogP contribution in [0, 0.1) is 0 Å². The zero-order valence-electron chi connectivity index (χ0n) is 8.96. The van der Waals surface area contributed by atoms with Gasteiger partial charge in [-0.15, -0.1) is 0 Å². The molecule has 5 heteroatoms. The lowest BCUT2D eigenvalue weighted by Gasteiger charge is -2.34. The van der Waals surface area contributed by atoms with Gasteiger partial charge >= 0.3 is 6.09 Å². The Morgan fingerprint density at radius 1 is 1.56 bits per heavy atom. The first-order chi connectivity index (χ1) is 7.81. The van der Waals surface area contributed by atoms with E-state index in [-0.39, 0.29) is 18.7 Å². The van der Waals surface area contributed by atoms with E-state index < -0.39 is 0 Å². The third-order valence-electron chi connectivity index (χ3n) is 2.72. The van der Waals surface area contributed by atoms with Gasteiger partial charge in [-0.25, -0.2) is 4.79 Å². The highest BCUT2D eigenvalue weighted by Gasteiger charge is 2.29. The summed E-state index contributed by atoms with van der Waals surface area (Å²) in [5.74, 6) is 0.724. The Kier molecular flexibility index (Phi) is 3.46. The van der Waals surface area contributed by atoms with Gasteiger partial charge in [0.1, 0.15) is 5.76 Å². The summed E-state index contributed by atoms with van der Waals surface area (Å²) < 4.78 is 10.2. The second kappa shape index (κ2) is 5.03. The van der Waals surface area contributed by atoms with Crippen LogP contribution >= 0.6 is 0 Å². The first kappa shape index (κ1) is 11.0. The lowest BCUT2D eigenvalue weighted by atomic mass is 10.1. The van der Waals surface area contributed by atoms with Crippen LogP contribution in [0.5, 0.6) is 0 Å². The zero-order valence-corrected chi connectivity index (χ0v) is 8.96. The molecule has 88 valence electrons. The maximum absolute atomic E-state index is 11.6. The number of aliphatic hydroxyl groups excluding tert-OH is 1. The molecule has 0 radical (unpaired) electrons. The Labute approximate surface area is 93.6 Å². The standard InChI is InChI=1S/C11H15NO4/c13-5-3-9-4-7-16-11(14)12(9)8-10-2-1-6-15-10/h1-2,6,9,13H,3-5,7-8H2. The fraction of sp³-hybridized carbons (Fsp3) is 0.545. The highest BCUT2D eigenvalue weighted by atomic mass is 16.6. The monoisotopic (exact) mass is 225 g/mol. The summed E-state index contributed by atoms with van der Waals surface area (Å²) in [6.07, 6.45) is 2.58. The van der Waals surface area contributed by atoms with Crippen LogP contribution in [0.3, 0.4) is 0 Å². The average molecular weight is 225 g/mol. The summed E-state index contributed by atoms with van der Waals surface area (Å²) in [5, 5.41) is 8.95. The molecule has 16 heavy (non-hydrogen) atoms. The number of ether oxygens (including phenoxy) is 1. The van der Waals surface area contributed by atoms with Crippen LogP contribution in [0.15, 0.2) is 22.8 Å². The molecule has 1 atom stereocenters. The van der Waals surface area contributed by atoms with Crippen molar-refractivity contribution in [1.29, 1.82) is 0 Å². The molecule has 0 saturated carbocycles. The number of carbonyl (C=O) groups excluding carboxylic acids is 1. The van der Waals surface area contributed by atoms with E-state index in [1.165, 1.54) is 0 Å². The molecule has 2 rings (SSSR count). The van der Waals surface area contributed by atoms with Gasteiger partial charge < -0.3 is 14.3 Å². The zero-order chi connectivity index (χ0) is 11.4. The number of hydrogen-bond donors (Lipinski definition) is 1. The van der Waals surface area contributed by atoms with Crippen LogP contribution in [0.1, 0.15) is 18.6 Å². The smallest absolute Gasteiger partial charge is 0.410 e. The topological polar surface area (TPSA) is 62.9 Å². The number of amides is 1. The highest BCUT2D eigenvalue weighted by Crippen LogP contribution is 2.19. The van der Waals surface area contributed by atoms with Crippen LogP contribution in [-0.4, -0.2) is 35.4 Å². The molecule has 1 amide bonds. The Hall–Kier alpha value is -1.49. The van der Waals surface area contributed by atoms with Gasteiger partial charge in [-0.05, 0) is 18.6 Å². The van der Waals surface area contributed by atoms with Crippen molar-refractivity contribution in [2.24, 2.45) is 0 Å². The predicted octanol–water partition coefficient (Wildman–Crippen LogP) is 1.37. The Morgan fingerprint density at radius 2 is 2.44 bits per heavy atom. The van der Waals surface area contributed by atoms with Gasteiger partial charge in [0.05, 0.1) is 19.4 Å². The van der Waals surface area contributed by atoms with Crippen LogP contribution in [0.4, 0.5) is 4.79 Å². The van der Waals surface area contributed by atoms with Crippen molar-refractivity contribution in [1.82, 2.24) is 4.90 Å². The van der Waals surface area contributed by atoms with Gasteiger partial charge in [-0.2, -0.15) is 0 Å². The SMILES string of the molecule is O=C1OCCC(CCO)N1Cc1ccco1. The van der Waals surface area contributed by atoms with Crippen molar-refractivity contribution in [2.45, 2.75) is 25.4 Å². The van der Waals surface area contributed by atoms with Gasteiger partial charge in [-0.1, -0.05) is 0 Å². The quantitative estimate of drug-likeness (QED) is 0.840. The molecule has 1 aliphatic rings. The molecule has 0 bridgehead atoms. The third kappa shape index (κ3) is 2.36. The van der Waals surface area contributed by atoms with Crippen molar-refractivity contribution in [2.75, 3.05) is 13.2 Å². The maximum Gasteiger partial charge on any atom is 0.410 e. The Bertz CT molecular complexity index is 334. The molecule has 1 N–H and O–H groups in total. The van der Waals surface area contributed by atoms with E-state index in [0.717, 1.165) is 12.2 Å². The minimum atomic E-state index is -0.332. The van der Waals surface area contributed by atoms with E-state index in [9.17, 15) is 4.79 Å².